The van der Waals surface area contributed by atoms with E-state index < -0.39 is 0 Å². The topological polar surface area (TPSA) is 18.5 Å². The van der Waals surface area contributed by atoms with Crippen molar-refractivity contribution in [3.63, 3.8) is 0 Å². The molecule has 0 aliphatic rings. The lowest BCUT2D eigenvalue weighted by atomic mass is 10.3. The van der Waals surface area contributed by atoms with Crippen LogP contribution in [0.2, 0.25) is 0 Å². The van der Waals surface area contributed by atoms with Crippen LogP contribution in [0, 0.1) is 0 Å². The summed E-state index contributed by atoms with van der Waals surface area (Å²) in [6.07, 6.45) is 0. The Morgan fingerprint density at radius 1 is 0.750 bits per heavy atom. The summed E-state index contributed by atoms with van der Waals surface area (Å²) in [6, 6.07) is 17.2. The molecular weight excluding hydrogens is 268 g/mol. The van der Waals surface area contributed by atoms with Gasteiger partial charge < -0.3 is 9.47 Å². The van der Waals surface area contributed by atoms with Gasteiger partial charge >= 0.3 is 0 Å². The molecule has 0 radical (unpaired) electrons. The third-order valence-electron chi connectivity index (χ3n) is 2.01. The van der Waals surface area contributed by atoms with Crippen LogP contribution in [0.1, 0.15) is 0 Å². The molecule has 0 spiro atoms. The molecule has 0 saturated carbocycles. The normalized spacial score (nSPS) is 9.81. The minimum Gasteiger partial charge on any atom is -0.458 e. The van der Waals surface area contributed by atoms with E-state index >= 15 is 0 Å². The number of hydrogen-bond donors (Lipinski definition) is 0. The smallest absolute Gasteiger partial charge is 0.230 e. The number of halogens is 1. The zero-order chi connectivity index (χ0) is 11.2. The second-order valence-corrected chi connectivity index (χ2v) is 4.09. The van der Waals surface area contributed by atoms with Gasteiger partial charge in [0, 0.05) is 4.47 Å². The highest BCUT2D eigenvalue weighted by atomic mass is 79.9. The van der Waals surface area contributed by atoms with Crippen molar-refractivity contribution in [3.8, 4) is 11.5 Å². The standard InChI is InChI=1S/C13H11BrO2/c14-11-6-8-13(9-7-11)16-10-15-12-4-2-1-3-5-12/h1-9H,10H2. The van der Waals surface area contributed by atoms with E-state index in [1.807, 2.05) is 54.6 Å². The average molecular weight is 279 g/mol. The van der Waals surface area contributed by atoms with Gasteiger partial charge in [-0.25, -0.2) is 0 Å². The minimum atomic E-state index is 0.214. The molecule has 2 rings (SSSR count). The molecule has 0 aliphatic heterocycles. The summed E-state index contributed by atoms with van der Waals surface area (Å²) in [5.74, 6) is 1.60. The minimum absolute atomic E-state index is 0.214. The highest BCUT2D eigenvalue weighted by Crippen LogP contribution is 2.16. The van der Waals surface area contributed by atoms with Gasteiger partial charge in [-0.1, -0.05) is 34.1 Å². The molecule has 82 valence electrons. The molecule has 0 fully saturated rings. The number of ether oxygens (including phenoxy) is 2. The molecule has 3 heteroatoms. The SMILES string of the molecule is Brc1ccc(OCOc2ccccc2)cc1. The predicted octanol–water partition coefficient (Wildman–Crippen LogP) is 3.86. The fourth-order valence-corrected chi connectivity index (χ4v) is 1.48. The van der Waals surface area contributed by atoms with Crippen LogP contribution < -0.4 is 9.47 Å². The molecule has 0 unspecified atom stereocenters. The second-order valence-electron chi connectivity index (χ2n) is 3.17. The number of benzene rings is 2. The molecule has 2 aromatic rings. The van der Waals surface area contributed by atoms with Crippen molar-refractivity contribution < 1.29 is 9.47 Å². The van der Waals surface area contributed by atoms with Crippen LogP contribution in [0.15, 0.2) is 59.1 Å². The molecule has 0 aliphatic carbocycles. The Bertz CT molecular complexity index is 425. The highest BCUT2D eigenvalue weighted by molar-refractivity contribution is 9.10. The molecule has 0 saturated heterocycles. The van der Waals surface area contributed by atoms with Crippen LogP contribution in [0.25, 0.3) is 0 Å². The molecule has 0 N–H and O–H groups in total. The Kier molecular flexibility index (Phi) is 3.83. The first-order chi connectivity index (χ1) is 7.84. The summed E-state index contributed by atoms with van der Waals surface area (Å²) in [7, 11) is 0. The van der Waals surface area contributed by atoms with Gasteiger partial charge in [0.05, 0.1) is 0 Å². The number of para-hydroxylation sites is 1. The summed E-state index contributed by atoms with van der Waals surface area (Å²) in [5, 5.41) is 0. The van der Waals surface area contributed by atoms with Crippen LogP contribution in [-0.2, 0) is 0 Å². The van der Waals surface area contributed by atoms with Gasteiger partial charge in [-0.05, 0) is 36.4 Å². The van der Waals surface area contributed by atoms with Crippen molar-refractivity contribution in [2.75, 3.05) is 6.79 Å². The van der Waals surface area contributed by atoms with Crippen LogP contribution in [0.4, 0.5) is 0 Å². The van der Waals surface area contributed by atoms with Crippen molar-refractivity contribution >= 4 is 15.9 Å². The molecule has 0 heterocycles. The van der Waals surface area contributed by atoms with Gasteiger partial charge in [-0.2, -0.15) is 0 Å². The summed E-state index contributed by atoms with van der Waals surface area (Å²) < 4.78 is 11.9. The Morgan fingerprint density at radius 2 is 1.31 bits per heavy atom. The maximum Gasteiger partial charge on any atom is 0.230 e. The van der Waals surface area contributed by atoms with E-state index in [0.717, 1.165) is 16.0 Å². The van der Waals surface area contributed by atoms with Crippen molar-refractivity contribution in [2.24, 2.45) is 0 Å². The van der Waals surface area contributed by atoms with Gasteiger partial charge in [0.2, 0.25) is 6.79 Å². The lowest BCUT2D eigenvalue weighted by molar-refractivity contribution is 0.120. The Balaban J connectivity index is 1.82. The Morgan fingerprint density at radius 3 is 1.94 bits per heavy atom. The van der Waals surface area contributed by atoms with E-state index in [-0.39, 0.29) is 6.79 Å². The first kappa shape index (κ1) is 11.0. The zero-order valence-electron chi connectivity index (χ0n) is 8.60. The third-order valence-corrected chi connectivity index (χ3v) is 2.54. The molecule has 16 heavy (non-hydrogen) atoms. The van der Waals surface area contributed by atoms with Crippen LogP contribution in [0.3, 0.4) is 0 Å². The second kappa shape index (κ2) is 5.56. The Hall–Kier alpha value is -1.48. The molecular formula is C13H11BrO2. The molecule has 0 aromatic heterocycles. The maximum absolute atomic E-state index is 5.42. The van der Waals surface area contributed by atoms with E-state index in [9.17, 15) is 0 Å². The molecule has 0 amide bonds. The van der Waals surface area contributed by atoms with Crippen LogP contribution in [0.5, 0.6) is 11.5 Å². The van der Waals surface area contributed by atoms with Crippen LogP contribution >= 0.6 is 15.9 Å². The number of rotatable bonds is 4. The van der Waals surface area contributed by atoms with Crippen molar-refractivity contribution in [1.29, 1.82) is 0 Å². The summed E-state index contributed by atoms with van der Waals surface area (Å²) in [6.45, 7) is 0.214. The van der Waals surface area contributed by atoms with Gasteiger partial charge in [-0.15, -0.1) is 0 Å². The van der Waals surface area contributed by atoms with E-state index in [1.165, 1.54) is 0 Å². The molecule has 2 aromatic carbocycles. The van der Waals surface area contributed by atoms with Crippen molar-refractivity contribution in [2.45, 2.75) is 0 Å². The van der Waals surface area contributed by atoms with Gasteiger partial charge in [0.15, 0.2) is 0 Å². The summed E-state index contributed by atoms with van der Waals surface area (Å²) >= 11 is 3.36. The average Bonchev–Trinajstić information content (AvgIpc) is 2.33. The van der Waals surface area contributed by atoms with Gasteiger partial charge in [-0.3, -0.25) is 0 Å². The third kappa shape index (κ3) is 3.28. The quantitative estimate of drug-likeness (QED) is 0.791. The number of hydrogen-bond acceptors (Lipinski definition) is 2. The Labute approximate surface area is 103 Å². The molecule has 2 nitrogen and oxygen atoms in total. The fourth-order valence-electron chi connectivity index (χ4n) is 1.21. The first-order valence-corrected chi connectivity index (χ1v) is 5.70. The van der Waals surface area contributed by atoms with Gasteiger partial charge in [0.1, 0.15) is 11.5 Å². The monoisotopic (exact) mass is 278 g/mol. The van der Waals surface area contributed by atoms with E-state index in [4.69, 9.17) is 9.47 Å². The van der Waals surface area contributed by atoms with Crippen LogP contribution in [-0.4, -0.2) is 6.79 Å². The summed E-state index contributed by atoms with van der Waals surface area (Å²) in [5.41, 5.74) is 0. The lowest BCUT2D eigenvalue weighted by Gasteiger charge is -2.08. The first-order valence-electron chi connectivity index (χ1n) is 4.91. The van der Waals surface area contributed by atoms with Crippen molar-refractivity contribution in [3.05, 3.63) is 59.1 Å². The zero-order valence-corrected chi connectivity index (χ0v) is 10.2. The lowest BCUT2D eigenvalue weighted by Crippen LogP contribution is -2.05. The fraction of sp³-hybridized carbons (Fsp3) is 0.0769. The van der Waals surface area contributed by atoms with E-state index in [1.54, 1.807) is 0 Å². The maximum atomic E-state index is 5.42. The van der Waals surface area contributed by atoms with Crippen molar-refractivity contribution in [1.82, 2.24) is 0 Å². The van der Waals surface area contributed by atoms with Gasteiger partial charge in [0.25, 0.3) is 0 Å². The van der Waals surface area contributed by atoms with E-state index in [2.05, 4.69) is 15.9 Å². The predicted molar refractivity (Wildman–Crippen MR) is 66.7 cm³/mol. The molecule has 0 bridgehead atoms. The highest BCUT2D eigenvalue weighted by Gasteiger charge is 1.94. The molecule has 0 atom stereocenters. The summed E-state index contributed by atoms with van der Waals surface area (Å²) in [4.78, 5) is 0. The largest absolute Gasteiger partial charge is 0.458 e. The van der Waals surface area contributed by atoms with E-state index in [0.29, 0.717) is 0 Å².